The lowest BCUT2D eigenvalue weighted by Crippen LogP contribution is -2.43. The first-order valence-corrected chi connectivity index (χ1v) is 11.0. The summed E-state index contributed by atoms with van der Waals surface area (Å²) in [5.74, 6) is 0.283. The van der Waals surface area contributed by atoms with Crippen LogP contribution in [0.2, 0.25) is 0 Å². The number of carbonyl (C=O) groups excluding carboxylic acids is 1. The molecule has 2 unspecified atom stereocenters. The number of allylic oxidation sites excluding steroid dienone is 1. The molecule has 3 aliphatic heterocycles. The van der Waals surface area contributed by atoms with Crippen molar-refractivity contribution >= 4 is 11.5 Å². The number of rotatable bonds is 4. The van der Waals surface area contributed by atoms with Crippen molar-refractivity contribution in [2.75, 3.05) is 26.2 Å². The van der Waals surface area contributed by atoms with E-state index in [4.69, 9.17) is 0 Å². The van der Waals surface area contributed by atoms with Gasteiger partial charge in [-0.05, 0) is 42.6 Å². The van der Waals surface area contributed by atoms with Gasteiger partial charge in [0.1, 0.15) is 24.4 Å². The molecule has 0 spiro atoms. The van der Waals surface area contributed by atoms with Crippen LogP contribution >= 0.6 is 0 Å². The number of aromatic nitrogens is 3. The van der Waals surface area contributed by atoms with Crippen LogP contribution in [0.15, 0.2) is 58.5 Å². The number of hydrazine groups is 1. The normalized spacial score (nSPS) is 25.7. The zero-order valence-corrected chi connectivity index (χ0v) is 17.6. The van der Waals surface area contributed by atoms with Gasteiger partial charge in [0.25, 0.3) is 0 Å². The van der Waals surface area contributed by atoms with Crippen molar-refractivity contribution in [2.45, 2.75) is 31.2 Å². The molecule has 6 rings (SSSR count). The molecule has 32 heavy (non-hydrogen) atoms. The average Bonchev–Trinajstić information content (AvgIpc) is 3.24. The van der Waals surface area contributed by atoms with E-state index in [1.54, 1.807) is 0 Å². The smallest absolute Gasteiger partial charge is 0.179 e. The highest BCUT2D eigenvalue weighted by Crippen LogP contribution is 2.47. The van der Waals surface area contributed by atoms with Crippen LogP contribution in [0.5, 0.6) is 0 Å². The maximum atomic E-state index is 14.6. The van der Waals surface area contributed by atoms with Crippen LogP contribution in [0.1, 0.15) is 41.6 Å². The maximum absolute atomic E-state index is 14.6. The van der Waals surface area contributed by atoms with Crippen LogP contribution in [0, 0.1) is 0 Å². The number of nitrogens with one attached hydrogen (secondary N) is 2. The van der Waals surface area contributed by atoms with E-state index in [1.807, 2.05) is 0 Å². The zero-order valence-electron chi connectivity index (χ0n) is 17.6. The van der Waals surface area contributed by atoms with E-state index in [0.717, 1.165) is 24.1 Å². The third-order valence-electron chi connectivity index (χ3n) is 6.87. The molecule has 1 aliphatic carbocycles. The minimum Gasteiger partial charge on any atom is -0.299 e. The standard InChI is InChI=1S/C23H24FN7O/c24-31-19-9-17(32)11-25-22-20(19)16(10-28-31)8-18(21(22)23-26-13-27-29-23)15-4-2-14(3-5-15)12-30-6-1-7-30/h2-5,9,13,18,21,28H,1,6-8,10-12H2,(H,26,27,29). The summed E-state index contributed by atoms with van der Waals surface area (Å²) in [7, 11) is 0. The SMILES string of the molecule is O=C1C=C2C3=C(CNN2F)CC(c2ccc(CN4CCC4)cc2)C(c2ncn[nH]2)C3=NC1. The van der Waals surface area contributed by atoms with Crippen LogP contribution in [0.25, 0.3) is 0 Å². The first-order chi connectivity index (χ1) is 15.7. The summed E-state index contributed by atoms with van der Waals surface area (Å²) in [6.45, 7) is 3.69. The predicted molar refractivity (Wildman–Crippen MR) is 116 cm³/mol. The molecule has 1 fully saturated rings. The highest BCUT2D eigenvalue weighted by Gasteiger charge is 2.43. The van der Waals surface area contributed by atoms with Gasteiger partial charge >= 0.3 is 0 Å². The molecule has 4 heterocycles. The average molecular weight is 433 g/mol. The fraction of sp³-hybridized carbons (Fsp3) is 0.391. The van der Waals surface area contributed by atoms with Crippen molar-refractivity contribution in [3.63, 3.8) is 0 Å². The van der Waals surface area contributed by atoms with Gasteiger partial charge < -0.3 is 0 Å². The number of hydrogen-bond donors (Lipinski definition) is 2. The molecule has 1 aromatic carbocycles. The summed E-state index contributed by atoms with van der Waals surface area (Å²) in [5, 5.41) is 7.51. The molecule has 2 N–H and O–H groups in total. The van der Waals surface area contributed by atoms with E-state index < -0.39 is 0 Å². The highest BCUT2D eigenvalue weighted by molar-refractivity contribution is 6.13. The van der Waals surface area contributed by atoms with E-state index in [-0.39, 0.29) is 29.9 Å². The fourth-order valence-electron chi connectivity index (χ4n) is 5.16. The zero-order chi connectivity index (χ0) is 21.7. The lowest BCUT2D eigenvalue weighted by atomic mass is 9.70. The number of carbonyl (C=O) groups is 1. The third kappa shape index (κ3) is 3.28. The van der Waals surface area contributed by atoms with Gasteiger partial charge in [0.15, 0.2) is 5.78 Å². The number of nitrogens with zero attached hydrogens (tertiary/aromatic N) is 5. The molecule has 164 valence electrons. The number of aromatic amines is 1. The molecule has 4 aliphatic rings. The van der Waals surface area contributed by atoms with Crippen molar-refractivity contribution < 1.29 is 9.28 Å². The topological polar surface area (TPSA) is 89.5 Å². The van der Waals surface area contributed by atoms with Crippen LogP contribution < -0.4 is 5.43 Å². The summed E-state index contributed by atoms with van der Waals surface area (Å²) in [6.07, 6.45) is 4.83. The number of likely N-dealkylation sites (tertiary alicyclic amines) is 1. The van der Waals surface area contributed by atoms with Crippen molar-refractivity contribution in [3.8, 4) is 0 Å². The Bertz CT molecular complexity index is 1130. The number of H-pyrrole nitrogens is 1. The van der Waals surface area contributed by atoms with Crippen molar-refractivity contribution in [1.29, 1.82) is 0 Å². The molecular weight excluding hydrogens is 409 g/mol. The molecule has 0 radical (unpaired) electrons. The second-order valence-electron chi connectivity index (χ2n) is 8.82. The number of benzene rings is 1. The van der Waals surface area contributed by atoms with Crippen LogP contribution in [0.4, 0.5) is 4.48 Å². The summed E-state index contributed by atoms with van der Waals surface area (Å²) in [5.41, 5.74) is 7.95. The van der Waals surface area contributed by atoms with Crippen molar-refractivity contribution in [1.82, 2.24) is 30.7 Å². The van der Waals surface area contributed by atoms with Gasteiger partial charge in [0, 0.05) is 30.7 Å². The Kier molecular flexibility index (Phi) is 4.73. The van der Waals surface area contributed by atoms with Gasteiger partial charge in [0.2, 0.25) is 0 Å². The Morgan fingerprint density at radius 1 is 1.19 bits per heavy atom. The second kappa shape index (κ2) is 7.75. The number of halogens is 1. The van der Waals surface area contributed by atoms with E-state index >= 15 is 0 Å². The van der Waals surface area contributed by atoms with E-state index in [2.05, 4.69) is 54.8 Å². The largest absolute Gasteiger partial charge is 0.299 e. The molecule has 9 heteroatoms. The van der Waals surface area contributed by atoms with Crippen LogP contribution in [-0.2, 0) is 11.3 Å². The lowest BCUT2D eigenvalue weighted by Gasteiger charge is -2.39. The van der Waals surface area contributed by atoms with Crippen LogP contribution in [-0.4, -0.2) is 63.0 Å². The van der Waals surface area contributed by atoms with Gasteiger partial charge in [-0.25, -0.2) is 10.4 Å². The first-order valence-electron chi connectivity index (χ1n) is 11.0. The van der Waals surface area contributed by atoms with Gasteiger partial charge in [-0.15, -0.1) is 5.23 Å². The Balaban J connectivity index is 1.42. The maximum Gasteiger partial charge on any atom is 0.179 e. The summed E-state index contributed by atoms with van der Waals surface area (Å²) in [6, 6.07) is 8.76. The van der Waals surface area contributed by atoms with E-state index in [0.29, 0.717) is 23.3 Å². The van der Waals surface area contributed by atoms with E-state index in [1.165, 1.54) is 43.0 Å². The van der Waals surface area contributed by atoms with Crippen molar-refractivity contribution in [3.05, 3.63) is 70.5 Å². The lowest BCUT2D eigenvalue weighted by molar-refractivity contribution is -0.113. The molecule has 0 amide bonds. The summed E-state index contributed by atoms with van der Waals surface area (Å²) >= 11 is 0. The fourth-order valence-corrected chi connectivity index (χ4v) is 5.16. The minimum absolute atomic E-state index is 0.00438. The Morgan fingerprint density at radius 3 is 2.75 bits per heavy atom. The Hall–Kier alpha value is -3.17. The Labute approximate surface area is 184 Å². The predicted octanol–water partition coefficient (Wildman–Crippen LogP) is 2.19. The molecule has 2 aromatic rings. The summed E-state index contributed by atoms with van der Waals surface area (Å²) < 4.78 is 14.6. The van der Waals surface area contributed by atoms with Crippen LogP contribution in [0.3, 0.4) is 0 Å². The Morgan fingerprint density at radius 2 is 2.03 bits per heavy atom. The molecular formula is C23H24FN7O. The van der Waals surface area contributed by atoms with Gasteiger partial charge in [-0.1, -0.05) is 28.7 Å². The molecule has 8 nitrogen and oxygen atoms in total. The highest BCUT2D eigenvalue weighted by atomic mass is 19.2. The third-order valence-corrected chi connectivity index (χ3v) is 6.87. The molecule has 1 saturated heterocycles. The molecule has 0 bridgehead atoms. The first kappa shape index (κ1) is 19.5. The number of ketones is 1. The van der Waals surface area contributed by atoms with Gasteiger partial charge in [0.05, 0.1) is 11.6 Å². The van der Waals surface area contributed by atoms with Gasteiger partial charge in [-0.2, -0.15) is 5.10 Å². The minimum atomic E-state index is -0.238. The van der Waals surface area contributed by atoms with E-state index in [9.17, 15) is 9.28 Å². The monoisotopic (exact) mass is 433 g/mol. The quantitative estimate of drug-likeness (QED) is 0.719. The molecule has 0 saturated carbocycles. The van der Waals surface area contributed by atoms with Crippen molar-refractivity contribution in [2.24, 2.45) is 4.99 Å². The second-order valence-corrected chi connectivity index (χ2v) is 8.82. The van der Waals surface area contributed by atoms with Gasteiger partial charge in [-0.3, -0.25) is 19.8 Å². The number of aliphatic imine (C=N–C) groups is 1. The summed E-state index contributed by atoms with van der Waals surface area (Å²) in [4.78, 5) is 23.9. The molecule has 1 aromatic heterocycles. The number of hydrogen-bond acceptors (Lipinski definition) is 7. The molecule has 2 atom stereocenters.